The molecule has 16 heavy (non-hydrogen) atoms. The first-order valence-electron chi connectivity index (χ1n) is 6.38. The van der Waals surface area contributed by atoms with Gasteiger partial charge in [0, 0.05) is 12.6 Å². The number of amides is 1. The Hall–Kier alpha value is -0.770. The van der Waals surface area contributed by atoms with Crippen LogP contribution < -0.4 is 5.73 Å². The fourth-order valence-electron chi connectivity index (χ4n) is 2.58. The third kappa shape index (κ3) is 3.11. The lowest BCUT2D eigenvalue weighted by atomic mass is 9.83. The van der Waals surface area contributed by atoms with Crippen molar-refractivity contribution >= 4 is 6.09 Å². The molecule has 0 aromatic carbocycles. The first kappa shape index (κ1) is 13.3. The molecule has 1 rings (SSSR count). The van der Waals surface area contributed by atoms with Crippen LogP contribution in [-0.4, -0.2) is 36.7 Å². The highest BCUT2D eigenvalue weighted by atomic mass is 16.6. The molecular formula is C12H24N2O2. The number of carbonyl (C=O) groups excluding carboxylic acids is 1. The monoisotopic (exact) mass is 228 g/mol. The van der Waals surface area contributed by atoms with E-state index in [-0.39, 0.29) is 12.1 Å². The van der Waals surface area contributed by atoms with Crippen molar-refractivity contribution in [1.82, 2.24) is 4.90 Å². The summed E-state index contributed by atoms with van der Waals surface area (Å²) in [5.74, 6) is 0.443. The van der Waals surface area contributed by atoms with Gasteiger partial charge in [-0.25, -0.2) is 4.79 Å². The molecule has 2 N–H and O–H groups in total. The molecule has 4 nitrogen and oxygen atoms in total. The molecule has 94 valence electrons. The van der Waals surface area contributed by atoms with Crippen LogP contribution in [0.2, 0.25) is 0 Å². The quantitative estimate of drug-likeness (QED) is 0.800. The van der Waals surface area contributed by atoms with E-state index in [1.807, 2.05) is 18.7 Å². The Kier molecular flexibility index (Phi) is 5.60. The minimum atomic E-state index is -0.185. The van der Waals surface area contributed by atoms with Crippen LogP contribution >= 0.6 is 0 Å². The summed E-state index contributed by atoms with van der Waals surface area (Å²) < 4.78 is 5.09. The number of hydrogen-bond donors (Lipinski definition) is 1. The maximum Gasteiger partial charge on any atom is 0.409 e. The number of carbonyl (C=O) groups is 1. The van der Waals surface area contributed by atoms with Gasteiger partial charge < -0.3 is 15.4 Å². The zero-order chi connectivity index (χ0) is 12.0. The van der Waals surface area contributed by atoms with E-state index in [1.54, 1.807) is 0 Å². The van der Waals surface area contributed by atoms with Crippen LogP contribution in [0.4, 0.5) is 4.79 Å². The summed E-state index contributed by atoms with van der Waals surface area (Å²) in [7, 11) is 0. The average Bonchev–Trinajstić information content (AvgIpc) is 2.31. The van der Waals surface area contributed by atoms with Gasteiger partial charge in [0.1, 0.15) is 0 Å². The van der Waals surface area contributed by atoms with Crippen molar-refractivity contribution in [2.24, 2.45) is 11.7 Å². The molecule has 2 atom stereocenters. The van der Waals surface area contributed by atoms with Crippen molar-refractivity contribution in [1.29, 1.82) is 0 Å². The molecule has 0 aliphatic heterocycles. The number of nitrogens with zero attached hydrogens (tertiary/aromatic N) is 1. The molecule has 1 fully saturated rings. The van der Waals surface area contributed by atoms with Gasteiger partial charge in [0.05, 0.1) is 6.61 Å². The Morgan fingerprint density at radius 1 is 1.38 bits per heavy atom. The number of nitrogens with two attached hydrogens (primary N) is 1. The fourth-order valence-corrected chi connectivity index (χ4v) is 2.58. The maximum absolute atomic E-state index is 11.8. The second-order valence-corrected chi connectivity index (χ2v) is 4.33. The van der Waals surface area contributed by atoms with Crippen LogP contribution in [0.5, 0.6) is 0 Å². The van der Waals surface area contributed by atoms with E-state index in [1.165, 1.54) is 12.8 Å². The Labute approximate surface area is 98.1 Å². The Balaban J connectivity index is 2.65. The molecule has 1 saturated carbocycles. The number of rotatable bonds is 4. The Morgan fingerprint density at radius 3 is 2.62 bits per heavy atom. The van der Waals surface area contributed by atoms with Crippen LogP contribution in [0.1, 0.15) is 39.5 Å². The molecule has 2 unspecified atom stereocenters. The lowest BCUT2D eigenvalue weighted by Crippen LogP contribution is -2.48. The van der Waals surface area contributed by atoms with Crippen LogP contribution in [-0.2, 0) is 4.74 Å². The molecule has 4 heteroatoms. The molecule has 0 bridgehead atoms. The first-order chi connectivity index (χ1) is 7.74. The van der Waals surface area contributed by atoms with E-state index in [0.29, 0.717) is 25.6 Å². The van der Waals surface area contributed by atoms with Gasteiger partial charge in [-0.1, -0.05) is 12.8 Å². The molecule has 1 amide bonds. The largest absolute Gasteiger partial charge is 0.450 e. The minimum absolute atomic E-state index is 0.185. The summed E-state index contributed by atoms with van der Waals surface area (Å²) in [4.78, 5) is 13.6. The maximum atomic E-state index is 11.8. The SMILES string of the molecule is CCOC(=O)N(CC)C1CCCCC1CN. The van der Waals surface area contributed by atoms with Crippen molar-refractivity contribution < 1.29 is 9.53 Å². The molecule has 0 saturated heterocycles. The van der Waals surface area contributed by atoms with E-state index in [9.17, 15) is 4.79 Å². The Morgan fingerprint density at radius 2 is 2.06 bits per heavy atom. The third-order valence-electron chi connectivity index (χ3n) is 3.42. The summed E-state index contributed by atoms with van der Waals surface area (Å²) in [6.45, 7) is 5.65. The highest BCUT2D eigenvalue weighted by molar-refractivity contribution is 5.68. The number of hydrogen-bond acceptors (Lipinski definition) is 3. The van der Waals surface area contributed by atoms with Gasteiger partial charge in [-0.2, -0.15) is 0 Å². The second-order valence-electron chi connectivity index (χ2n) is 4.33. The minimum Gasteiger partial charge on any atom is -0.450 e. The molecule has 0 aromatic rings. The van der Waals surface area contributed by atoms with Gasteiger partial charge in [-0.05, 0) is 39.2 Å². The second kappa shape index (κ2) is 6.74. The summed E-state index contributed by atoms with van der Waals surface area (Å²) in [6.07, 6.45) is 4.44. The normalized spacial score (nSPS) is 25.2. The molecule has 1 aliphatic carbocycles. The lowest BCUT2D eigenvalue weighted by molar-refractivity contribution is 0.0663. The van der Waals surface area contributed by atoms with Crippen molar-refractivity contribution in [3.63, 3.8) is 0 Å². The summed E-state index contributed by atoms with van der Waals surface area (Å²) in [5.41, 5.74) is 5.78. The van der Waals surface area contributed by atoms with Crippen LogP contribution in [0.3, 0.4) is 0 Å². The van der Waals surface area contributed by atoms with Crippen molar-refractivity contribution in [2.45, 2.75) is 45.6 Å². The van der Waals surface area contributed by atoms with E-state index < -0.39 is 0 Å². The smallest absolute Gasteiger partial charge is 0.409 e. The van der Waals surface area contributed by atoms with E-state index in [2.05, 4.69) is 0 Å². The predicted molar refractivity (Wildman–Crippen MR) is 64.2 cm³/mol. The molecular weight excluding hydrogens is 204 g/mol. The van der Waals surface area contributed by atoms with Crippen LogP contribution in [0.15, 0.2) is 0 Å². The lowest BCUT2D eigenvalue weighted by Gasteiger charge is -2.38. The number of ether oxygens (including phenoxy) is 1. The van der Waals surface area contributed by atoms with Crippen molar-refractivity contribution in [3.8, 4) is 0 Å². The van der Waals surface area contributed by atoms with Crippen molar-refractivity contribution in [3.05, 3.63) is 0 Å². The Bertz CT molecular complexity index is 221. The van der Waals surface area contributed by atoms with E-state index in [4.69, 9.17) is 10.5 Å². The summed E-state index contributed by atoms with van der Waals surface area (Å²) >= 11 is 0. The zero-order valence-corrected chi connectivity index (χ0v) is 10.4. The van der Waals surface area contributed by atoms with Gasteiger partial charge >= 0.3 is 6.09 Å². The average molecular weight is 228 g/mol. The zero-order valence-electron chi connectivity index (χ0n) is 10.4. The third-order valence-corrected chi connectivity index (χ3v) is 3.42. The summed E-state index contributed by atoms with van der Waals surface area (Å²) in [5, 5.41) is 0. The fraction of sp³-hybridized carbons (Fsp3) is 0.917. The molecule has 0 aromatic heterocycles. The van der Waals surface area contributed by atoms with Gasteiger partial charge in [0.15, 0.2) is 0 Å². The topological polar surface area (TPSA) is 55.6 Å². The predicted octanol–water partition coefficient (Wildman–Crippen LogP) is 1.98. The van der Waals surface area contributed by atoms with E-state index >= 15 is 0 Å². The molecule has 0 heterocycles. The van der Waals surface area contributed by atoms with Gasteiger partial charge in [0.2, 0.25) is 0 Å². The summed E-state index contributed by atoms with van der Waals surface area (Å²) in [6, 6.07) is 0.280. The van der Waals surface area contributed by atoms with E-state index in [0.717, 1.165) is 12.8 Å². The molecule has 1 aliphatic rings. The molecule has 0 spiro atoms. The van der Waals surface area contributed by atoms with Crippen LogP contribution in [0.25, 0.3) is 0 Å². The van der Waals surface area contributed by atoms with Gasteiger partial charge in [-0.15, -0.1) is 0 Å². The standard InChI is InChI=1S/C12H24N2O2/c1-3-14(12(15)16-4-2)11-8-6-5-7-10(11)9-13/h10-11H,3-9,13H2,1-2H3. The highest BCUT2D eigenvalue weighted by Crippen LogP contribution is 2.28. The highest BCUT2D eigenvalue weighted by Gasteiger charge is 2.31. The van der Waals surface area contributed by atoms with Crippen LogP contribution in [0, 0.1) is 5.92 Å². The first-order valence-corrected chi connectivity index (χ1v) is 6.38. The van der Waals surface area contributed by atoms with Crippen molar-refractivity contribution in [2.75, 3.05) is 19.7 Å². The molecule has 0 radical (unpaired) electrons. The van der Waals surface area contributed by atoms with Gasteiger partial charge in [0.25, 0.3) is 0 Å². The van der Waals surface area contributed by atoms with Gasteiger partial charge in [-0.3, -0.25) is 0 Å².